The molecule has 0 saturated carbocycles. The van der Waals surface area contributed by atoms with Crippen molar-refractivity contribution in [1.82, 2.24) is 0 Å². The van der Waals surface area contributed by atoms with Crippen LogP contribution in [0.4, 0.5) is 0 Å². The molecule has 1 aromatic carbocycles. The van der Waals surface area contributed by atoms with Crippen LogP contribution in [-0.2, 0) is 9.63 Å². The lowest BCUT2D eigenvalue weighted by Gasteiger charge is -2.20. The van der Waals surface area contributed by atoms with Crippen molar-refractivity contribution in [3.63, 3.8) is 0 Å². The average Bonchev–Trinajstić information content (AvgIpc) is 2.45. The summed E-state index contributed by atoms with van der Waals surface area (Å²) in [5.74, 6) is -0.901. The molecule has 0 N–H and O–H groups in total. The third kappa shape index (κ3) is 3.73. The van der Waals surface area contributed by atoms with Crippen molar-refractivity contribution in [3.05, 3.63) is 46.0 Å². The van der Waals surface area contributed by atoms with Gasteiger partial charge in [0.1, 0.15) is 16.5 Å². The summed E-state index contributed by atoms with van der Waals surface area (Å²) in [4.78, 5) is 28.2. The monoisotopic (exact) mass is 389 g/mol. The smallest absolute Gasteiger partial charge is 0.312 e. The minimum atomic E-state index is -0.916. The van der Waals surface area contributed by atoms with Crippen LogP contribution in [0.2, 0.25) is 0 Å². The largest absolute Gasteiger partial charge is 0.365 e. The normalized spacial score (nSPS) is 23.9. The number of oxime groups is 1. The molecule has 4 nitrogen and oxygen atoms in total. The summed E-state index contributed by atoms with van der Waals surface area (Å²) in [6.07, 6.45) is 1.34. The van der Waals surface area contributed by atoms with Gasteiger partial charge in [0.2, 0.25) is 0 Å². The minimum absolute atomic E-state index is 0.279. The number of carbonyl (C=O) groups excluding carboxylic acids is 2. The molecule has 1 aliphatic carbocycles. The van der Waals surface area contributed by atoms with Crippen LogP contribution >= 0.6 is 39.1 Å². The number of hydrogen-bond donors (Lipinski definition) is 0. The first-order valence-corrected chi connectivity index (χ1v) is 7.62. The molecule has 0 bridgehead atoms. The van der Waals surface area contributed by atoms with E-state index in [0.717, 1.165) is 4.47 Å². The molecule has 0 aromatic heterocycles. The first-order chi connectivity index (χ1) is 9.90. The number of halogens is 3. The molecule has 110 valence electrons. The second-order valence-electron chi connectivity index (χ2n) is 4.40. The second kappa shape index (κ2) is 6.73. The molecule has 0 spiro atoms. The molecule has 0 heterocycles. The quantitative estimate of drug-likeness (QED) is 0.439. The van der Waals surface area contributed by atoms with E-state index in [4.69, 9.17) is 28.0 Å². The topological polar surface area (TPSA) is 55.7 Å². The lowest BCUT2D eigenvalue weighted by atomic mass is 9.97. The second-order valence-corrected chi connectivity index (χ2v) is 6.25. The maximum atomic E-state index is 11.9. The molecule has 7 heteroatoms. The number of allylic oxidation sites excluding steroid dienone is 2. The fourth-order valence-electron chi connectivity index (χ4n) is 1.72. The standard InChI is InChI=1S/C14H10BrCl2NO3/c1-7-6-10(19)11(16)12(17)13(7)18-21-14(20)8-2-4-9(15)5-3-8/h2-6,11-12H,1H3/b18-13-. The van der Waals surface area contributed by atoms with Crippen LogP contribution in [0.25, 0.3) is 0 Å². The zero-order chi connectivity index (χ0) is 15.6. The van der Waals surface area contributed by atoms with Crippen molar-refractivity contribution in [2.45, 2.75) is 17.7 Å². The molecule has 2 atom stereocenters. The van der Waals surface area contributed by atoms with Crippen LogP contribution in [0.3, 0.4) is 0 Å². The van der Waals surface area contributed by atoms with Crippen molar-refractivity contribution < 1.29 is 14.4 Å². The van der Waals surface area contributed by atoms with Crippen LogP contribution in [0.5, 0.6) is 0 Å². The zero-order valence-electron chi connectivity index (χ0n) is 10.8. The van der Waals surface area contributed by atoms with E-state index in [2.05, 4.69) is 21.1 Å². The Hall–Kier alpha value is -1.17. The summed E-state index contributed by atoms with van der Waals surface area (Å²) in [6.45, 7) is 1.66. The van der Waals surface area contributed by atoms with Gasteiger partial charge in [-0.3, -0.25) is 4.79 Å². The van der Waals surface area contributed by atoms with Gasteiger partial charge in [-0.25, -0.2) is 4.79 Å². The number of hydrogen-bond acceptors (Lipinski definition) is 4. The Labute approximate surface area is 139 Å². The highest BCUT2D eigenvalue weighted by atomic mass is 79.9. The first-order valence-electron chi connectivity index (χ1n) is 5.95. The van der Waals surface area contributed by atoms with Gasteiger partial charge in [0.25, 0.3) is 0 Å². The lowest BCUT2D eigenvalue weighted by Crippen LogP contribution is -2.36. The fourth-order valence-corrected chi connectivity index (χ4v) is 2.50. The van der Waals surface area contributed by atoms with Crippen LogP contribution in [0.1, 0.15) is 17.3 Å². The van der Waals surface area contributed by atoms with Crippen LogP contribution in [-0.4, -0.2) is 28.2 Å². The Morgan fingerprint density at radius 1 is 1.24 bits per heavy atom. The number of alkyl halides is 2. The van der Waals surface area contributed by atoms with Crippen molar-refractivity contribution in [2.24, 2.45) is 5.16 Å². The van der Waals surface area contributed by atoms with Gasteiger partial charge in [-0.15, -0.1) is 23.2 Å². The van der Waals surface area contributed by atoms with Crippen molar-refractivity contribution in [2.75, 3.05) is 0 Å². The van der Waals surface area contributed by atoms with Gasteiger partial charge in [-0.1, -0.05) is 21.1 Å². The summed E-state index contributed by atoms with van der Waals surface area (Å²) in [5, 5.41) is 2.00. The Morgan fingerprint density at radius 2 is 1.86 bits per heavy atom. The maximum Gasteiger partial charge on any atom is 0.365 e. The van der Waals surface area contributed by atoms with Gasteiger partial charge in [0, 0.05) is 4.47 Å². The molecule has 0 fully saturated rings. The highest BCUT2D eigenvalue weighted by molar-refractivity contribution is 9.10. The number of ketones is 1. The Bertz CT molecular complexity index is 640. The number of carbonyl (C=O) groups is 2. The molecular formula is C14H10BrCl2NO3. The predicted molar refractivity (Wildman–Crippen MR) is 85.0 cm³/mol. The molecule has 2 rings (SSSR count). The van der Waals surface area contributed by atoms with E-state index in [-0.39, 0.29) is 11.5 Å². The van der Waals surface area contributed by atoms with E-state index < -0.39 is 16.7 Å². The fraction of sp³-hybridized carbons (Fsp3) is 0.214. The van der Waals surface area contributed by atoms with Gasteiger partial charge >= 0.3 is 5.97 Å². The molecular weight excluding hydrogens is 381 g/mol. The van der Waals surface area contributed by atoms with E-state index in [0.29, 0.717) is 11.1 Å². The third-order valence-electron chi connectivity index (χ3n) is 2.86. The van der Waals surface area contributed by atoms with Crippen molar-refractivity contribution in [3.8, 4) is 0 Å². The highest BCUT2D eigenvalue weighted by Crippen LogP contribution is 2.23. The summed E-state index contributed by atoms with van der Waals surface area (Å²) in [5.41, 5.74) is 1.16. The molecule has 1 aromatic rings. The minimum Gasteiger partial charge on any atom is -0.312 e. The van der Waals surface area contributed by atoms with E-state index in [1.54, 1.807) is 31.2 Å². The molecule has 1 aliphatic rings. The zero-order valence-corrected chi connectivity index (χ0v) is 13.9. The Kier molecular flexibility index (Phi) is 5.19. The average molecular weight is 391 g/mol. The van der Waals surface area contributed by atoms with Gasteiger partial charge in [0.15, 0.2) is 5.78 Å². The maximum absolute atomic E-state index is 11.9. The predicted octanol–water partition coefficient (Wildman–Crippen LogP) is 3.71. The van der Waals surface area contributed by atoms with E-state index in [1.165, 1.54) is 6.08 Å². The van der Waals surface area contributed by atoms with E-state index >= 15 is 0 Å². The van der Waals surface area contributed by atoms with Crippen molar-refractivity contribution in [1.29, 1.82) is 0 Å². The van der Waals surface area contributed by atoms with Gasteiger partial charge in [0.05, 0.1) is 5.56 Å². The number of rotatable bonds is 2. The van der Waals surface area contributed by atoms with E-state index in [9.17, 15) is 9.59 Å². The van der Waals surface area contributed by atoms with Gasteiger partial charge in [-0.2, -0.15) is 0 Å². The Morgan fingerprint density at radius 3 is 2.48 bits per heavy atom. The molecule has 0 radical (unpaired) electrons. The molecule has 0 amide bonds. The third-order valence-corrected chi connectivity index (χ3v) is 4.44. The first kappa shape index (κ1) is 16.2. The Balaban J connectivity index is 2.16. The number of benzene rings is 1. The summed E-state index contributed by atoms with van der Waals surface area (Å²) >= 11 is 15.2. The van der Waals surface area contributed by atoms with Crippen LogP contribution in [0, 0.1) is 0 Å². The van der Waals surface area contributed by atoms with E-state index in [1.807, 2.05) is 0 Å². The summed E-state index contributed by atoms with van der Waals surface area (Å²) in [6, 6.07) is 6.63. The molecule has 2 unspecified atom stereocenters. The van der Waals surface area contributed by atoms with Gasteiger partial charge < -0.3 is 4.84 Å². The molecule has 0 aliphatic heterocycles. The highest BCUT2D eigenvalue weighted by Gasteiger charge is 2.33. The van der Waals surface area contributed by atoms with Crippen LogP contribution in [0.15, 0.2) is 45.5 Å². The van der Waals surface area contributed by atoms with Crippen LogP contribution < -0.4 is 0 Å². The summed E-state index contributed by atoms with van der Waals surface area (Å²) in [7, 11) is 0. The lowest BCUT2D eigenvalue weighted by molar-refractivity contribution is -0.114. The summed E-state index contributed by atoms with van der Waals surface area (Å²) < 4.78 is 0.848. The molecule has 0 saturated heterocycles. The van der Waals surface area contributed by atoms with Gasteiger partial charge in [-0.05, 0) is 42.8 Å². The SMILES string of the molecule is CC1=CC(=O)C(Cl)C(Cl)/C1=N\OC(=O)c1ccc(Br)cc1. The number of nitrogens with zero attached hydrogens (tertiary/aromatic N) is 1. The molecule has 21 heavy (non-hydrogen) atoms. The van der Waals surface area contributed by atoms with Crippen molar-refractivity contribution >= 4 is 56.6 Å².